The predicted molar refractivity (Wildman–Crippen MR) is 90.7 cm³/mol. The number of fused-ring (bicyclic) bond motifs is 1. The van der Waals surface area contributed by atoms with Crippen LogP contribution in [0.4, 0.5) is 5.82 Å². The van der Waals surface area contributed by atoms with E-state index in [9.17, 15) is 0 Å². The summed E-state index contributed by atoms with van der Waals surface area (Å²) < 4.78 is 7.45. The molecule has 3 rings (SSSR count). The predicted octanol–water partition coefficient (Wildman–Crippen LogP) is 3.04. The van der Waals surface area contributed by atoms with Gasteiger partial charge in [-0.05, 0) is 44.2 Å². The molecular formula is C17H27N5O. The molecule has 0 aliphatic heterocycles. The first kappa shape index (κ1) is 16.2. The zero-order chi connectivity index (χ0) is 16.4. The molecule has 6 nitrogen and oxygen atoms in total. The summed E-state index contributed by atoms with van der Waals surface area (Å²) in [6.45, 7) is 10.2. The fraction of sp³-hybridized carbons (Fsp3) is 0.706. The molecule has 126 valence electrons. The first-order valence-electron chi connectivity index (χ1n) is 8.55. The van der Waals surface area contributed by atoms with Gasteiger partial charge in [0, 0.05) is 18.6 Å². The third kappa shape index (κ3) is 3.63. The molecule has 23 heavy (non-hydrogen) atoms. The van der Waals surface area contributed by atoms with Gasteiger partial charge in [-0.15, -0.1) is 15.3 Å². The van der Waals surface area contributed by atoms with Gasteiger partial charge in [0.25, 0.3) is 0 Å². The van der Waals surface area contributed by atoms with Gasteiger partial charge >= 0.3 is 0 Å². The van der Waals surface area contributed by atoms with E-state index >= 15 is 0 Å². The number of rotatable bonds is 6. The van der Waals surface area contributed by atoms with Gasteiger partial charge < -0.3 is 10.1 Å². The number of aromatic nitrogens is 4. The second-order valence-corrected chi connectivity index (χ2v) is 7.39. The standard InChI is InChI=1S/C17H27N5O/c1-5-23-13-10-12(11-13)8-9-18-14-6-7-15-19-20-16(17(2,3)4)22(15)21-14/h6-7,12-13H,5,8-11H2,1-4H3,(H,18,21). The van der Waals surface area contributed by atoms with Crippen LogP contribution >= 0.6 is 0 Å². The van der Waals surface area contributed by atoms with E-state index in [4.69, 9.17) is 4.74 Å². The van der Waals surface area contributed by atoms with Crippen LogP contribution in [0.5, 0.6) is 0 Å². The van der Waals surface area contributed by atoms with Gasteiger partial charge in [0.2, 0.25) is 0 Å². The fourth-order valence-corrected chi connectivity index (χ4v) is 3.04. The molecule has 0 unspecified atom stereocenters. The quantitative estimate of drug-likeness (QED) is 0.887. The van der Waals surface area contributed by atoms with Crippen molar-refractivity contribution >= 4 is 11.5 Å². The van der Waals surface area contributed by atoms with Crippen LogP contribution in [0.1, 0.15) is 52.8 Å². The summed E-state index contributed by atoms with van der Waals surface area (Å²) in [4.78, 5) is 0. The molecule has 0 radical (unpaired) electrons. The Kier molecular flexibility index (Phi) is 4.53. The highest BCUT2D eigenvalue weighted by atomic mass is 16.5. The van der Waals surface area contributed by atoms with E-state index in [-0.39, 0.29) is 5.41 Å². The van der Waals surface area contributed by atoms with Gasteiger partial charge in [-0.25, -0.2) is 0 Å². The van der Waals surface area contributed by atoms with Gasteiger partial charge in [0.05, 0.1) is 6.10 Å². The molecule has 0 amide bonds. The van der Waals surface area contributed by atoms with Crippen molar-refractivity contribution in [3.05, 3.63) is 18.0 Å². The third-order valence-electron chi connectivity index (χ3n) is 4.39. The van der Waals surface area contributed by atoms with Crippen LogP contribution in [0.25, 0.3) is 5.65 Å². The molecular weight excluding hydrogens is 290 g/mol. The molecule has 1 saturated carbocycles. The van der Waals surface area contributed by atoms with Crippen molar-refractivity contribution < 1.29 is 4.74 Å². The van der Waals surface area contributed by atoms with E-state index in [1.165, 1.54) is 12.8 Å². The van der Waals surface area contributed by atoms with Crippen molar-refractivity contribution in [1.82, 2.24) is 19.8 Å². The third-order valence-corrected chi connectivity index (χ3v) is 4.39. The maximum Gasteiger partial charge on any atom is 0.178 e. The molecule has 1 aliphatic carbocycles. The van der Waals surface area contributed by atoms with Crippen LogP contribution in [-0.4, -0.2) is 39.1 Å². The monoisotopic (exact) mass is 317 g/mol. The van der Waals surface area contributed by atoms with Gasteiger partial charge in [0.1, 0.15) is 5.82 Å². The second-order valence-electron chi connectivity index (χ2n) is 7.39. The number of nitrogens with one attached hydrogen (secondary N) is 1. The molecule has 1 aliphatic rings. The summed E-state index contributed by atoms with van der Waals surface area (Å²) in [5.41, 5.74) is 0.713. The lowest BCUT2D eigenvalue weighted by Gasteiger charge is -2.35. The van der Waals surface area contributed by atoms with Gasteiger partial charge in [-0.3, -0.25) is 0 Å². The summed E-state index contributed by atoms with van der Waals surface area (Å²) in [7, 11) is 0. The number of anilines is 1. The SMILES string of the molecule is CCOC1CC(CCNc2ccc3nnc(C(C)(C)C)n3n2)C1. The minimum atomic E-state index is -0.0781. The zero-order valence-corrected chi connectivity index (χ0v) is 14.5. The molecule has 2 aromatic rings. The normalized spacial score (nSPS) is 21.4. The Morgan fingerprint density at radius 1 is 1.26 bits per heavy atom. The maximum absolute atomic E-state index is 5.61. The number of ether oxygens (including phenoxy) is 1. The van der Waals surface area contributed by atoms with Crippen molar-refractivity contribution in [2.75, 3.05) is 18.5 Å². The van der Waals surface area contributed by atoms with Crippen LogP contribution in [0, 0.1) is 5.92 Å². The molecule has 0 saturated heterocycles. The second kappa shape index (κ2) is 6.43. The van der Waals surface area contributed by atoms with Crippen LogP contribution < -0.4 is 5.32 Å². The van der Waals surface area contributed by atoms with Crippen molar-refractivity contribution in [1.29, 1.82) is 0 Å². The first-order chi connectivity index (χ1) is 11.0. The topological polar surface area (TPSA) is 64.3 Å². The summed E-state index contributed by atoms with van der Waals surface area (Å²) in [5, 5.41) is 16.5. The smallest absolute Gasteiger partial charge is 0.178 e. The Bertz CT molecular complexity index is 655. The molecule has 0 aromatic carbocycles. The Morgan fingerprint density at radius 2 is 2.04 bits per heavy atom. The van der Waals surface area contributed by atoms with Crippen LogP contribution in [-0.2, 0) is 10.2 Å². The largest absolute Gasteiger partial charge is 0.378 e. The molecule has 2 aromatic heterocycles. The van der Waals surface area contributed by atoms with E-state index in [1.54, 1.807) is 0 Å². The summed E-state index contributed by atoms with van der Waals surface area (Å²) in [6, 6.07) is 3.94. The Labute approximate surface area is 137 Å². The lowest BCUT2D eigenvalue weighted by Crippen LogP contribution is -2.32. The molecule has 0 atom stereocenters. The maximum atomic E-state index is 5.61. The van der Waals surface area contributed by atoms with Crippen molar-refractivity contribution in [2.24, 2.45) is 5.92 Å². The Morgan fingerprint density at radius 3 is 2.74 bits per heavy atom. The molecule has 0 spiro atoms. The summed E-state index contributed by atoms with van der Waals surface area (Å²) in [5.74, 6) is 2.54. The highest BCUT2D eigenvalue weighted by Crippen LogP contribution is 2.32. The average molecular weight is 317 g/mol. The zero-order valence-electron chi connectivity index (χ0n) is 14.5. The average Bonchev–Trinajstić information content (AvgIpc) is 2.87. The van der Waals surface area contributed by atoms with Gasteiger partial charge in [-0.1, -0.05) is 20.8 Å². The molecule has 6 heteroatoms. The fourth-order valence-electron chi connectivity index (χ4n) is 3.04. The Hall–Kier alpha value is -1.69. The van der Waals surface area contributed by atoms with Crippen molar-refractivity contribution in [2.45, 2.75) is 58.5 Å². The summed E-state index contributed by atoms with van der Waals surface area (Å²) in [6.07, 6.45) is 4.05. The minimum absolute atomic E-state index is 0.0781. The number of nitrogens with zero attached hydrogens (tertiary/aromatic N) is 4. The summed E-state index contributed by atoms with van der Waals surface area (Å²) >= 11 is 0. The van der Waals surface area contributed by atoms with Crippen molar-refractivity contribution in [3.8, 4) is 0 Å². The lowest BCUT2D eigenvalue weighted by atomic mass is 9.80. The van der Waals surface area contributed by atoms with Crippen LogP contribution in [0.2, 0.25) is 0 Å². The highest BCUT2D eigenvalue weighted by Gasteiger charge is 2.28. The molecule has 1 fully saturated rings. The van der Waals surface area contributed by atoms with E-state index in [0.29, 0.717) is 6.10 Å². The van der Waals surface area contributed by atoms with Gasteiger partial charge in [-0.2, -0.15) is 4.52 Å². The highest BCUT2D eigenvalue weighted by molar-refractivity contribution is 5.44. The van der Waals surface area contributed by atoms with Crippen molar-refractivity contribution in [3.63, 3.8) is 0 Å². The van der Waals surface area contributed by atoms with E-state index < -0.39 is 0 Å². The Balaban J connectivity index is 1.56. The van der Waals surface area contributed by atoms with Gasteiger partial charge in [0.15, 0.2) is 11.5 Å². The van der Waals surface area contributed by atoms with E-state index in [2.05, 4.69) is 48.3 Å². The lowest BCUT2D eigenvalue weighted by molar-refractivity contribution is -0.0255. The van der Waals surface area contributed by atoms with E-state index in [0.717, 1.165) is 42.8 Å². The molecule has 0 bridgehead atoms. The van der Waals surface area contributed by atoms with Crippen LogP contribution in [0.3, 0.4) is 0 Å². The molecule has 2 heterocycles. The number of hydrogen-bond acceptors (Lipinski definition) is 5. The number of hydrogen-bond donors (Lipinski definition) is 1. The van der Waals surface area contributed by atoms with E-state index in [1.807, 2.05) is 16.6 Å². The van der Waals surface area contributed by atoms with Crippen LogP contribution in [0.15, 0.2) is 12.1 Å². The molecule has 1 N–H and O–H groups in total. The minimum Gasteiger partial charge on any atom is -0.378 e. The first-order valence-corrected chi connectivity index (χ1v) is 8.55.